The highest BCUT2D eigenvalue weighted by Gasteiger charge is 2.21. The molecule has 220 valence electrons. The maximum absolute atomic E-state index is 5.12. The van der Waals surface area contributed by atoms with Crippen LogP contribution in [0.15, 0.2) is 158 Å². The average molecular weight is 603 g/mol. The van der Waals surface area contributed by atoms with Crippen LogP contribution < -0.4 is 0 Å². The number of fused-ring (bicyclic) bond motifs is 7. The van der Waals surface area contributed by atoms with E-state index in [0.717, 1.165) is 56.2 Å². The molecule has 0 spiro atoms. The van der Waals surface area contributed by atoms with Crippen molar-refractivity contribution in [2.24, 2.45) is 0 Å². The van der Waals surface area contributed by atoms with E-state index in [1.165, 1.54) is 21.5 Å². The molecule has 0 fully saturated rings. The highest BCUT2D eigenvalue weighted by Crippen LogP contribution is 2.38. The van der Waals surface area contributed by atoms with Crippen LogP contribution in [0.4, 0.5) is 0 Å². The molecule has 0 amide bonds. The molecule has 0 bridgehead atoms. The Kier molecular flexibility index (Phi) is 5.48. The van der Waals surface area contributed by atoms with Gasteiger partial charge in [-0.15, -0.1) is 0 Å². The number of hydrogen-bond donors (Lipinski definition) is 0. The van der Waals surface area contributed by atoms with Crippen molar-refractivity contribution < 1.29 is 0 Å². The smallest absolute Gasteiger partial charge is 0.198 e. The first-order chi connectivity index (χ1) is 23.3. The van der Waals surface area contributed by atoms with Crippen molar-refractivity contribution in [3.63, 3.8) is 0 Å². The van der Waals surface area contributed by atoms with Crippen LogP contribution in [0.2, 0.25) is 0 Å². The Morgan fingerprint density at radius 3 is 1.34 bits per heavy atom. The van der Waals surface area contributed by atoms with Crippen molar-refractivity contribution in [2.75, 3.05) is 0 Å². The molecule has 0 atom stereocenters. The maximum atomic E-state index is 5.12. The zero-order valence-electron chi connectivity index (χ0n) is 25.2. The van der Waals surface area contributed by atoms with Crippen LogP contribution >= 0.6 is 0 Å². The molecule has 0 N–H and O–H groups in total. The summed E-state index contributed by atoms with van der Waals surface area (Å²) in [4.78, 5) is 14.5. The molecule has 0 unspecified atom stereocenters. The van der Waals surface area contributed by atoms with E-state index in [4.69, 9.17) is 9.97 Å². The van der Waals surface area contributed by atoms with Gasteiger partial charge in [0, 0.05) is 56.6 Å². The SMILES string of the molecule is c1ccc(-n2c(-c3cc(-n4c5ccccc5c5ccccc54)cc(-n4c5ccccc5c5ccccc54)c3)nc3nccnc32)cc1. The summed E-state index contributed by atoms with van der Waals surface area (Å²) in [7, 11) is 0. The predicted octanol–water partition coefficient (Wildman–Crippen LogP) is 9.68. The molecule has 4 aromatic heterocycles. The summed E-state index contributed by atoms with van der Waals surface area (Å²) in [5.74, 6) is 0.780. The third-order valence-electron chi connectivity index (χ3n) is 9.15. The number of imidazole rings is 1. The lowest BCUT2D eigenvalue weighted by molar-refractivity contribution is 1.07. The molecule has 0 saturated heterocycles. The zero-order chi connectivity index (χ0) is 30.9. The second-order valence-corrected chi connectivity index (χ2v) is 11.8. The Morgan fingerprint density at radius 2 is 0.830 bits per heavy atom. The fourth-order valence-electron chi connectivity index (χ4n) is 7.21. The molecule has 6 aromatic carbocycles. The lowest BCUT2D eigenvalue weighted by Crippen LogP contribution is -2.03. The minimum Gasteiger partial charge on any atom is -0.309 e. The normalized spacial score (nSPS) is 11.8. The second kappa shape index (κ2) is 9.99. The molecule has 0 aliphatic heterocycles. The molecular weight excluding hydrogens is 576 g/mol. The summed E-state index contributed by atoms with van der Waals surface area (Å²) in [6.07, 6.45) is 3.43. The highest BCUT2D eigenvalue weighted by molar-refractivity contribution is 6.10. The van der Waals surface area contributed by atoms with Crippen molar-refractivity contribution in [3.8, 4) is 28.5 Å². The lowest BCUT2D eigenvalue weighted by Gasteiger charge is -2.16. The van der Waals surface area contributed by atoms with Crippen molar-refractivity contribution in [1.82, 2.24) is 28.7 Å². The summed E-state index contributed by atoms with van der Waals surface area (Å²) in [5, 5.41) is 4.88. The fourth-order valence-corrected chi connectivity index (χ4v) is 7.21. The van der Waals surface area contributed by atoms with Gasteiger partial charge in [-0.3, -0.25) is 4.57 Å². The van der Waals surface area contributed by atoms with E-state index in [1.807, 2.05) is 18.2 Å². The van der Waals surface area contributed by atoms with Gasteiger partial charge in [-0.05, 0) is 54.6 Å². The van der Waals surface area contributed by atoms with Crippen LogP contribution in [-0.4, -0.2) is 28.7 Å². The van der Waals surface area contributed by atoms with Gasteiger partial charge in [-0.2, -0.15) is 0 Å². The molecule has 10 aromatic rings. The summed E-state index contributed by atoms with van der Waals surface area (Å²) < 4.78 is 6.86. The predicted molar refractivity (Wildman–Crippen MR) is 191 cm³/mol. The van der Waals surface area contributed by atoms with Crippen LogP contribution in [0, 0.1) is 0 Å². The van der Waals surface area contributed by atoms with Gasteiger partial charge in [0.1, 0.15) is 5.82 Å². The fraction of sp³-hybridized carbons (Fsp3) is 0. The number of nitrogens with zero attached hydrogens (tertiary/aromatic N) is 6. The van der Waals surface area contributed by atoms with Gasteiger partial charge in [-0.25, -0.2) is 15.0 Å². The van der Waals surface area contributed by atoms with Crippen LogP contribution in [0.3, 0.4) is 0 Å². The largest absolute Gasteiger partial charge is 0.309 e. The van der Waals surface area contributed by atoms with Crippen molar-refractivity contribution in [1.29, 1.82) is 0 Å². The molecular formula is C41H26N6. The molecule has 10 rings (SSSR count). The quantitative estimate of drug-likeness (QED) is 0.202. The molecule has 0 aliphatic rings. The molecule has 0 radical (unpaired) electrons. The summed E-state index contributed by atoms with van der Waals surface area (Å²) in [6.45, 7) is 0. The maximum Gasteiger partial charge on any atom is 0.198 e. The molecule has 47 heavy (non-hydrogen) atoms. The van der Waals surface area contributed by atoms with Gasteiger partial charge in [0.25, 0.3) is 0 Å². The molecule has 0 aliphatic carbocycles. The molecule has 6 nitrogen and oxygen atoms in total. The Labute approximate surface area is 269 Å². The Hall–Kier alpha value is -6.53. The molecule has 4 heterocycles. The van der Waals surface area contributed by atoms with Gasteiger partial charge in [0.05, 0.1) is 22.1 Å². The first-order valence-electron chi connectivity index (χ1n) is 15.7. The second-order valence-electron chi connectivity index (χ2n) is 11.8. The number of rotatable bonds is 4. The van der Waals surface area contributed by atoms with Crippen molar-refractivity contribution in [2.45, 2.75) is 0 Å². The van der Waals surface area contributed by atoms with E-state index in [9.17, 15) is 0 Å². The first kappa shape index (κ1) is 25.8. The Bertz CT molecular complexity index is 2560. The zero-order valence-corrected chi connectivity index (χ0v) is 25.2. The van der Waals surface area contributed by atoms with E-state index < -0.39 is 0 Å². The van der Waals surface area contributed by atoms with Crippen LogP contribution in [0.25, 0.3) is 83.4 Å². The average Bonchev–Trinajstić information content (AvgIpc) is 3.80. The van der Waals surface area contributed by atoms with Crippen LogP contribution in [0.5, 0.6) is 0 Å². The molecule has 6 heteroatoms. The standard InChI is InChI=1S/C41H26N6/c1-2-12-28(13-3-1)47-40(44-39-41(47)43-23-22-42-39)27-24-29(45-35-18-8-4-14-31(35)32-15-5-9-19-36(32)45)26-30(25-27)46-37-20-10-6-16-33(37)34-17-7-11-21-38(34)46/h1-26H. The summed E-state index contributed by atoms with van der Waals surface area (Å²) in [6, 6.07) is 51.6. The summed E-state index contributed by atoms with van der Waals surface area (Å²) >= 11 is 0. The molecule has 0 saturated carbocycles. The third kappa shape index (κ3) is 3.82. The van der Waals surface area contributed by atoms with Crippen molar-refractivity contribution in [3.05, 3.63) is 158 Å². The topological polar surface area (TPSA) is 53.5 Å². The first-order valence-corrected chi connectivity index (χ1v) is 15.7. The highest BCUT2D eigenvalue weighted by atomic mass is 15.2. The summed E-state index contributed by atoms with van der Waals surface area (Å²) in [5.41, 5.74) is 9.96. The van der Waals surface area contributed by atoms with Gasteiger partial charge >= 0.3 is 0 Å². The number of hydrogen-bond acceptors (Lipinski definition) is 3. The van der Waals surface area contributed by atoms with E-state index in [1.54, 1.807) is 12.4 Å². The van der Waals surface area contributed by atoms with E-state index >= 15 is 0 Å². The van der Waals surface area contributed by atoms with E-state index in [2.05, 4.69) is 146 Å². The lowest BCUT2D eigenvalue weighted by atomic mass is 10.1. The monoisotopic (exact) mass is 602 g/mol. The van der Waals surface area contributed by atoms with Gasteiger partial charge in [0.15, 0.2) is 11.3 Å². The van der Waals surface area contributed by atoms with Gasteiger partial charge < -0.3 is 9.13 Å². The van der Waals surface area contributed by atoms with Crippen LogP contribution in [0.1, 0.15) is 0 Å². The van der Waals surface area contributed by atoms with Gasteiger partial charge in [-0.1, -0.05) is 91.0 Å². The minimum absolute atomic E-state index is 0.604. The number of benzene rings is 6. The Balaban J connectivity index is 1.36. The van der Waals surface area contributed by atoms with E-state index in [0.29, 0.717) is 5.65 Å². The number of aromatic nitrogens is 6. The third-order valence-corrected chi connectivity index (χ3v) is 9.15. The number of para-hydroxylation sites is 5. The van der Waals surface area contributed by atoms with Crippen LogP contribution in [-0.2, 0) is 0 Å². The van der Waals surface area contributed by atoms with Gasteiger partial charge in [0.2, 0.25) is 0 Å². The minimum atomic E-state index is 0.604. The van der Waals surface area contributed by atoms with Crippen molar-refractivity contribution >= 4 is 54.9 Å². The van der Waals surface area contributed by atoms with E-state index in [-0.39, 0.29) is 0 Å². The Morgan fingerprint density at radius 1 is 0.383 bits per heavy atom.